The molecule has 0 bridgehead atoms. The third-order valence-electron chi connectivity index (χ3n) is 2.07. The van der Waals surface area contributed by atoms with E-state index in [9.17, 15) is 14.9 Å². The highest BCUT2D eigenvalue weighted by Crippen LogP contribution is 2.16. The Hall–Kier alpha value is -2.11. The zero-order chi connectivity index (χ0) is 12.8. The van der Waals surface area contributed by atoms with E-state index in [1.807, 2.05) is 6.92 Å². The Labute approximate surface area is 98.0 Å². The lowest BCUT2D eigenvalue weighted by molar-refractivity contribution is -0.402. The third-order valence-corrected chi connectivity index (χ3v) is 2.07. The number of nitrogens with zero attached hydrogens (tertiary/aromatic N) is 1. The van der Waals surface area contributed by atoms with Crippen molar-refractivity contribution in [2.24, 2.45) is 0 Å². The first-order valence-corrected chi connectivity index (χ1v) is 5.16. The first-order valence-electron chi connectivity index (χ1n) is 5.16. The van der Waals surface area contributed by atoms with Crippen LogP contribution in [0.4, 0.5) is 5.88 Å². The zero-order valence-electron chi connectivity index (χ0n) is 9.58. The number of ether oxygens (including phenoxy) is 1. The van der Waals surface area contributed by atoms with Crippen LogP contribution in [0.15, 0.2) is 22.6 Å². The molecule has 0 aliphatic rings. The highest BCUT2D eigenvalue weighted by molar-refractivity contribution is 5.86. The second-order valence-electron chi connectivity index (χ2n) is 3.42. The predicted octanol–water partition coefficient (Wildman–Crippen LogP) is 2.54. The van der Waals surface area contributed by atoms with Crippen molar-refractivity contribution in [3.8, 4) is 0 Å². The summed E-state index contributed by atoms with van der Waals surface area (Å²) in [6.07, 6.45) is 3.08. The molecular formula is C11H13NO5. The van der Waals surface area contributed by atoms with Crippen molar-refractivity contribution >= 4 is 17.9 Å². The predicted molar refractivity (Wildman–Crippen MR) is 60.2 cm³/mol. The number of hydrogen-bond donors (Lipinski definition) is 0. The van der Waals surface area contributed by atoms with Gasteiger partial charge in [-0.15, -0.1) is 0 Å². The van der Waals surface area contributed by atoms with Crippen LogP contribution >= 0.6 is 0 Å². The van der Waals surface area contributed by atoms with Gasteiger partial charge in [-0.1, -0.05) is 6.92 Å². The van der Waals surface area contributed by atoms with E-state index in [-0.39, 0.29) is 17.7 Å². The average molecular weight is 239 g/mol. The minimum Gasteiger partial charge on any atom is -0.460 e. The fourth-order valence-electron chi connectivity index (χ4n) is 1.00. The molecule has 6 nitrogen and oxygen atoms in total. The molecule has 1 heterocycles. The Morgan fingerprint density at radius 1 is 1.65 bits per heavy atom. The Balaban J connectivity index is 2.58. The van der Waals surface area contributed by atoms with Gasteiger partial charge in [0.25, 0.3) is 0 Å². The van der Waals surface area contributed by atoms with E-state index < -0.39 is 10.9 Å². The van der Waals surface area contributed by atoms with Crippen LogP contribution < -0.4 is 0 Å². The molecule has 0 radical (unpaired) electrons. The van der Waals surface area contributed by atoms with E-state index in [1.54, 1.807) is 6.92 Å². The number of rotatable bonds is 5. The van der Waals surface area contributed by atoms with E-state index in [0.29, 0.717) is 0 Å². The molecule has 1 aromatic heterocycles. The van der Waals surface area contributed by atoms with Crippen LogP contribution in [-0.2, 0) is 9.53 Å². The van der Waals surface area contributed by atoms with Crippen molar-refractivity contribution in [2.75, 3.05) is 0 Å². The van der Waals surface area contributed by atoms with Crippen molar-refractivity contribution < 1.29 is 18.9 Å². The summed E-state index contributed by atoms with van der Waals surface area (Å²) in [6, 6.07) is 2.63. The molecule has 0 aliphatic carbocycles. The molecule has 1 atom stereocenters. The number of carbonyl (C=O) groups excluding carboxylic acids is 1. The van der Waals surface area contributed by atoms with E-state index in [2.05, 4.69) is 0 Å². The molecule has 6 heteroatoms. The lowest BCUT2D eigenvalue weighted by Crippen LogP contribution is -2.11. The number of furan rings is 1. The lowest BCUT2D eigenvalue weighted by atomic mass is 10.3. The molecule has 17 heavy (non-hydrogen) atoms. The molecule has 0 amide bonds. The summed E-state index contributed by atoms with van der Waals surface area (Å²) < 4.78 is 9.81. The van der Waals surface area contributed by atoms with Gasteiger partial charge in [-0.2, -0.15) is 0 Å². The van der Waals surface area contributed by atoms with E-state index >= 15 is 0 Å². The van der Waals surface area contributed by atoms with Gasteiger partial charge in [0.15, 0.2) is 0 Å². The van der Waals surface area contributed by atoms with Gasteiger partial charge < -0.3 is 9.15 Å². The van der Waals surface area contributed by atoms with Gasteiger partial charge in [-0.3, -0.25) is 10.1 Å². The summed E-state index contributed by atoms with van der Waals surface area (Å²) in [5.74, 6) is -0.629. The van der Waals surface area contributed by atoms with Gasteiger partial charge in [0, 0.05) is 6.08 Å². The largest absolute Gasteiger partial charge is 0.460 e. The van der Waals surface area contributed by atoms with Gasteiger partial charge in [0.05, 0.1) is 12.2 Å². The third kappa shape index (κ3) is 4.10. The SMILES string of the molecule is CCC(C)OC(=O)/C=C\c1ccc([N+](=O)[O-])o1. The van der Waals surface area contributed by atoms with Crippen molar-refractivity contribution in [1.82, 2.24) is 0 Å². The Kier molecular flexibility index (Phi) is 4.45. The second kappa shape index (κ2) is 5.83. The summed E-state index contributed by atoms with van der Waals surface area (Å²) in [5, 5.41) is 10.3. The first-order chi connectivity index (χ1) is 8.02. The maximum Gasteiger partial charge on any atom is 0.433 e. The van der Waals surface area contributed by atoms with Crippen LogP contribution in [0.5, 0.6) is 0 Å². The summed E-state index contributed by atoms with van der Waals surface area (Å²) in [4.78, 5) is 20.9. The highest BCUT2D eigenvalue weighted by atomic mass is 16.6. The molecule has 0 spiro atoms. The summed E-state index contributed by atoms with van der Waals surface area (Å²) in [7, 11) is 0. The normalized spacial score (nSPS) is 12.6. The van der Waals surface area contributed by atoms with Gasteiger partial charge in [-0.25, -0.2) is 4.79 Å². The van der Waals surface area contributed by atoms with Crippen LogP contribution in [0.1, 0.15) is 26.0 Å². The van der Waals surface area contributed by atoms with Gasteiger partial charge in [0.2, 0.25) is 0 Å². The minimum absolute atomic E-state index is 0.155. The van der Waals surface area contributed by atoms with Crippen molar-refractivity contribution in [1.29, 1.82) is 0 Å². The molecule has 0 aromatic carbocycles. The van der Waals surface area contributed by atoms with Crippen molar-refractivity contribution in [3.05, 3.63) is 34.1 Å². The van der Waals surface area contributed by atoms with E-state index in [0.717, 1.165) is 6.42 Å². The molecular weight excluding hydrogens is 226 g/mol. The highest BCUT2D eigenvalue weighted by Gasteiger charge is 2.10. The minimum atomic E-state index is -0.644. The molecule has 0 aliphatic heterocycles. The van der Waals surface area contributed by atoms with Crippen LogP contribution in [0.3, 0.4) is 0 Å². The fraction of sp³-hybridized carbons (Fsp3) is 0.364. The standard InChI is InChI=1S/C11H13NO5/c1-3-8(2)16-11(13)7-5-9-4-6-10(17-9)12(14)15/h4-8H,3H2,1-2H3/b7-5-. The molecule has 0 saturated heterocycles. The molecule has 0 saturated carbocycles. The van der Waals surface area contributed by atoms with Gasteiger partial charge >= 0.3 is 11.9 Å². The average Bonchev–Trinajstić information content (AvgIpc) is 2.75. The Bertz CT molecular complexity index is 435. The van der Waals surface area contributed by atoms with E-state index in [1.165, 1.54) is 24.3 Å². The monoisotopic (exact) mass is 239 g/mol. The topological polar surface area (TPSA) is 82.6 Å². The summed E-state index contributed by atoms with van der Waals surface area (Å²) in [6.45, 7) is 3.68. The van der Waals surface area contributed by atoms with Gasteiger partial charge in [0.1, 0.15) is 10.7 Å². The maximum atomic E-state index is 11.2. The first kappa shape index (κ1) is 13.0. The quantitative estimate of drug-likeness (QED) is 0.341. The zero-order valence-corrected chi connectivity index (χ0v) is 9.58. The molecule has 0 N–H and O–H groups in total. The van der Waals surface area contributed by atoms with Gasteiger partial charge in [-0.05, 0) is 25.5 Å². The molecule has 1 rings (SSSR count). The second-order valence-corrected chi connectivity index (χ2v) is 3.42. The molecule has 92 valence electrons. The Morgan fingerprint density at radius 2 is 2.35 bits per heavy atom. The van der Waals surface area contributed by atoms with Crippen molar-refractivity contribution in [3.63, 3.8) is 0 Å². The number of carbonyl (C=O) groups is 1. The van der Waals surface area contributed by atoms with Crippen LogP contribution in [0.25, 0.3) is 6.08 Å². The molecule has 0 fully saturated rings. The molecule has 1 aromatic rings. The number of esters is 1. The van der Waals surface area contributed by atoms with Crippen LogP contribution in [-0.4, -0.2) is 17.0 Å². The lowest BCUT2D eigenvalue weighted by Gasteiger charge is -2.07. The fourth-order valence-corrected chi connectivity index (χ4v) is 1.00. The van der Waals surface area contributed by atoms with E-state index in [4.69, 9.17) is 9.15 Å². The van der Waals surface area contributed by atoms with Crippen LogP contribution in [0.2, 0.25) is 0 Å². The van der Waals surface area contributed by atoms with Crippen LogP contribution in [0, 0.1) is 10.1 Å². The maximum absolute atomic E-state index is 11.2. The number of hydrogen-bond acceptors (Lipinski definition) is 5. The summed E-state index contributed by atoms with van der Waals surface area (Å²) >= 11 is 0. The Morgan fingerprint density at radius 3 is 2.88 bits per heavy atom. The molecule has 1 unspecified atom stereocenters. The number of nitro groups is 1. The summed E-state index contributed by atoms with van der Waals surface area (Å²) in [5.41, 5.74) is 0. The smallest absolute Gasteiger partial charge is 0.433 e. The van der Waals surface area contributed by atoms with Crippen molar-refractivity contribution in [2.45, 2.75) is 26.4 Å².